The topological polar surface area (TPSA) is 440 Å². The van der Waals surface area contributed by atoms with Crippen molar-refractivity contribution in [3.05, 3.63) is 208 Å². The summed E-state index contributed by atoms with van der Waals surface area (Å²) in [6.45, 7) is 8.24. The van der Waals surface area contributed by atoms with Crippen LogP contribution >= 0.6 is 113 Å². The van der Waals surface area contributed by atoms with E-state index in [9.17, 15) is 18.9 Å². The van der Waals surface area contributed by atoms with Crippen LogP contribution in [0.4, 0.5) is 39.8 Å². The zero-order valence-electron chi connectivity index (χ0n) is 51.5. The minimum Gasteiger partial charge on any atom is -1.00 e. The number of thiocarbonyl (C=S) groups is 5. The van der Waals surface area contributed by atoms with E-state index in [1.807, 2.05) is 0 Å². The molecule has 0 radical (unpaired) electrons. The van der Waals surface area contributed by atoms with Gasteiger partial charge in [0.2, 0.25) is 12.5 Å². The number of aliphatic hydroxyl groups is 1. The number of nitrogens with zero attached hydrogens (tertiary/aromatic N) is 14. The summed E-state index contributed by atoms with van der Waals surface area (Å²) in [4.78, 5) is 71.2. The van der Waals surface area contributed by atoms with Crippen LogP contribution in [0.1, 0.15) is 39.1 Å². The van der Waals surface area contributed by atoms with Gasteiger partial charge in [0.1, 0.15) is 17.6 Å². The zero-order chi connectivity index (χ0) is 72.1. The number of halogens is 5. The summed E-state index contributed by atoms with van der Waals surface area (Å²) in [7, 11) is 3.26. The van der Waals surface area contributed by atoms with Crippen molar-refractivity contribution in [3.8, 4) is 5.75 Å². The summed E-state index contributed by atoms with van der Waals surface area (Å²) in [6.07, 6.45) is 0.760. The number of carboxylic acids is 2. The molecule has 0 amide bonds. The van der Waals surface area contributed by atoms with Crippen molar-refractivity contribution in [1.82, 2.24) is 0 Å². The van der Waals surface area contributed by atoms with Gasteiger partial charge in [-0.1, -0.05) is 65.8 Å². The van der Waals surface area contributed by atoms with Crippen molar-refractivity contribution in [1.29, 1.82) is 10.8 Å². The largest absolute Gasteiger partial charge is 1.00 e. The second-order valence-electron chi connectivity index (χ2n) is 14.6. The quantitative estimate of drug-likeness (QED) is 0.00388. The van der Waals surface area contributed by atoms with Crippen LogP contribution in [-0.4, -0.2) is 105 Å². The Hall–Kier alpha value is -6.90. The number of ether oxygens (including phenoxy) is 2. The molecule has 0 spiro atoms. The molecule has 6 aromatic rings. The molecule has 0 atom stereocenters. The number of aliphatic imine (C=N–C) groups is 6. The summed E-state index contributed by atoms with van der Waals surface area (Å²) < 4.78 is 24.8. The van der Waals surface area contributed by atoms with Gasteiger partial charge in [-0.2, -0.15) is 29.8 Å². The number of isothiocyanates is 4. The van der Waals surface area contributed by atoms with E-state index in [0.29, 0.717) is 48.3 Å². The number of benzene rings is 6. The number of isocyanates is 1. The van der Waals surface area contributed by atoms with Gasteiger partial charge in [-0.05, 0) is 194 Å². The molecular weight excluding hydrogens is 1510 g/mol. The molecule has 0 aliphatic carbocycles. The second-order valence-corrected chi connectivity index (χ2v) is 21.4. The molecule has 28 nitrogen and oxygen atoms in total. The number of nitrogens with two attached hydrogens (primary N) is 1. The van der Waals surface area contributed by atoms with Crippen LogP contribution in [0, 0.1) is 10.8 Å². The Morgan fingerprint density at radius 1 is 0.639 bits per heavy atom. The molecule has 504 valence electrons. The van der Waals surface area contributed by atoms with E-state index >= 15 is 0 Å². The number of azide groups is 1. The second kappa shape index (κ2) is 78.1. The van der Waals surface area contributed by atoms with E-state index in [1.165, 1.54) is 41.7 Å². The van der Waals surface area contributed by atoms with Crippen molar-refractivity contribution in [3.63, 3.8) is 0 Å². The Morgan fingerprint density at radius 2 is 0.990 bits per heavy atom. The van der Waals surface area contributed by atoms with Crippen LogP contribution in [-0.2, 0) is 40.1 Å². The van der Waals surface area contributed by atoms with Crippen molar-refractivity contribution in [2.45, 2.75) is 19.4 Å². The van der Waals surface area contributed by atoms with Gasteiger partial charge in [-0.15, -0.1) is 13.2 Å². The molecule has 0 aliphatic heterocycles. The van der Waals surface area contributed by atoms with Gasteiger partial charge in [0.25, 0.3) is 0 Å². The number of rotatable bonds is 22. The van der Waals surface area contributed by atoms with E-state index in [0.717, 1.165) is 35.5 Å². The molecule has 6 rings (SSSR count). The zero-order valence-corrected chi connectivity index (χ0v) is 64.3. The predicted molar refractivity (Wildman–Crippen MR) is 382 cm³/mol. The Balaban J connectivity index is -0.000000156. The number of para-hydroxylation sites is 1. The first-order valence-corrected chi connectivity index (χ1v) is 30.8. The fraction of sp³-hybridized carbons (Fsp3) is 0.161. The number of carbonyl (C=O) groups excluding carboxylic acids is 1. The SMILES string of the molecule is C=C.COCCCO.COCCCOOC=Nc1ccc(N=C=S)cc1.N#N.Nc1ccc(C(=O)O)cc1.O=C(O)c1ccc(N=C=S)cc1.O=C=Nc1ccc(N=C=S)cc1.O=P(Cl)(Cl)Oc1ccccc1.S=C(Cl)Cl.[Cl-].[N-]=[N+]=NOCc1ccc(N=C=S)cc1.[N-]=[N+]=[N-].[Na+].[Na+]. The molecule has 0 aromatic heterocycles. The third-order valence-electron chi connectivity index (χ3n) is 8.46. The van der Waals surface area contributed by atoms with Crippen LogP contribution in [0.25, 0.3) is 26.4 Å². The van der Waals surface area contributed by atoms with Crippen molar-refractivity contribution < 1.29 is 134 Å². The first kappa shape index (κ1) is 106. The molecule has 0 unspecified atom stereocenters. The first-order chi connectivity index (χ1) is 45.2. The molecule has 0 heterocycles. The normalized spacial score (nSPS) is 8.34. The average Bonchev–Trinajstić information content (AvgIpc) is 1.61. The molecule has 0 bridgehead atoms. The van der Waals surface area contributed by atoms with Crippen molar-refractivity contribution in [2.24, 2.45) is 35.2 Å². The third kappa shape index (κ3) is 73.2. The summed E-state index contributed by atoms with van der Waals surface area (Å²) in [5.41, 5.74) is 32.8. The van der Waals surface area contributed by atoms with Crippen molar-refractivity contribution >= 4 is 202 Å². The Labute approximate surface area is 654 Å². The molecule has 41 heteroatoms. The van der Waals surface area contributed by atoms with Gasteiger partial charge in [-0.3, -0.25) is 4.91 Å². The van der Waals surface area contributed by atoms with Crippen LogP contribution in [0.15, 0.2) is 200 Å². The average molecular weight is 1560 g/mol. The summed E-state index contributed by atoms with van der Waals surface area (Å²) in [6, 6.07) is 41.6. The molecule has 0 aliphatic rings. The standard InChI is InChI=1S/C12H14N2O3S.C8H6N4OS.C8H4N2OS.C8H5NO2S.C7H7NO2.C6H5Cl2O2P.C4H10O2.C2H4.CCl2S.ClH.N3.N2.2Na/c1-15-7-2-8-16-17-9-13-11-3-5-12(6-4-11)14-10-18;9-11-12-13-5-7-1-3-8(4-2-7)10-6-14;11-5-9-7-1-3-8(4-2-7)10-6-12;10-8(11)6-1-3-7(4-2-6)9-5-12;8-6-3-1-5(2-4-6)7(9)10;7-11(8,9)10-6-4-2-1-3-5-6;1-6-4-2-3-5;1-2;2-1(3)4;;1-3-2;1-2;;/h3-6,9H,2,7-8H2,1H3;1-4H,5H2;1-4H;1-4H,(H,10,11);1-4H,8H2,(H,9,10);1-5H;5H,2-4H2,1H3;1-2H2;;1H;;;;/q;;;;;;;;;;-1;;2*+1/p-1. The minimum atomic E-state index is -3.44. The molecule has 97 heavy (non-hydrogen) atoms. The van der Waals surface area contributed by atoms with Gasteiger partial charge in [0, 0.05) is 77.9 Å². The smallest absolute Gasteiger partial charge is 1.00 e. The van der Waals surface area contributed by atoms with Crippen LogP contribution in [0.3, 0.4) is 0 Å². The Morgan fingerprint density at radius 3 is 1.32 bits per heavy atom. The molecule has 0 saturated carbocycles. The first-order valence-electron chi connectivity index (χ1n) is 24.6. The van der Waals surface area contributed by atoms with Crippen LogP contribution in [0.2, 0.25) is 0 Å². The third-order valence-corrected chi connectivity index (χ3v) is 9.66. The molecular formula is C56H55Cl5N15Na2O13PS5. The Kier molecular flexibility index (Phi) is 85.4. The summed E-state index contributed by atoms with van der Waals surface area (Å²) in [5.74, 6) is -1.48. The summed E-state index contributed by atoms with van der Waals surface area (Å²) >= 11 is 41.7. The number of hydrogen-bond donors (Lipinski definition) is 4. The summed E-state index contributed by atoms with van der Waals surface area (Å²) in [5, 5.41) is 49.0. The maximum Gasteiger partial charge on any atom is 1.00 e. The van der Waals surface area contributed by atoms with Crippen molar-refractivity contribution in [2.75, 3.05) is 46.4 Å². The number of carboxylic acid groups (broad SMARTS) is 2. The fourth-order valence-electron chi connectivity index (χ4n) is 4.81. The van der Waals surface area contributed by atoms with Gasteiger partial charge in [0.05, 0.1) is 72.5 Å². The van der Waals surface area contributed by atoms with E-state index < -0.39 is 18.0 Å². The van der Waals surface area contributed by atoms with Crippen LogP contribution < -0.4 is 81.8 Å². The number of anilines is 1. The predicted octanol–water partition coefficient (Wildman–Crippen LogP) is 9.83. The minimum absolute atomic E-state index is 0. The molecule has 5 N–H and O–H groups in total. The maximum absolute atomic E-state index is 10.7. The number of aliphatic hydroxyl groups excluding tert-OH is 1. The number of nitrogen functional groups attached to an aromatic ring is 1. The van der Waals surface area contributed by atoms with Gasteiger partial charge < -0.3 is 68.2 Å². The number of carbonyl (C=O) groups is 2. The van der Waals surface area contributed by atoms with Gasteiger partial charge >= 0.3 is 77.1 Å². The van der Waals surface area contributed by atoms with E-state index in [-0.39, 0.29) is 99.6 Å². The number of methoxy groups -OCH3 is 2. The van der Waals surface area contributed by atoms with E-state index in [1.54, 1.807) is 142 Å². The Bertz CT molecular complexity index is 3390. The molecule has 6 aromatic carbocycles. The monoisotopic (exact) mass is 1560 g/mol. The molecule has 0 fully saturated rings. The number of hydrogen-bond acceptors (Lipinski definition) is 26. The number of aromatic carboxylic acids is 2. The fourth-order valence-corrected chi connectivity index (χ4v) is 6.08. The molecule has 0 saturated heterocycles. The van der Waals surface area contributed by atoms with Gasteiger partial charge in [0.15, 0.2) is 3.78 Å². The maximum atomic E-state index is 10.7. The van der Waals surface area contributed by atoms with Gasteiger partial charge in [-0.25, -0.2) is 23.9 Å². The van der Waals surface area contributed by atoms with E-state index in [2.05, 4.69) is 149 Å². The van der Waals surface area contributed by atoms with Crippen LogP contribution in [0.5, 0.6) is 5.75 Å². The van der Waals surface area contributed by atoms with E-state index in [4.69, 9.17) is 109 Å².